The fraction of sp³-hybridized carbons (Fsp3) is 0.778. The molecule has 0 aromatic rings. The highest BCUT2D eigenvalue weighted by molar-refractivity contribution is 7.80. The van der Waals surface area contributed by atoms with Crippen LogP contribution in [0, 0.1) is 0 Å². The van der Waals surface area contributed by atoms with Crippen molar-refractivity contribution in [2.45, 2.75) is 26.8 Å². The first kappa shape index (κ1) is 13.3. The average molecular weight is 218 g/mol. The van der Waals surface area contributed by atoms with E-state index in [-0.39, 0.29) is 12.0 Å². The standard InChI is InChI=1S/C9H18N2O2S/c1-4-11(6-8(10)14)7(3)9(12)13-5-2/h7H,4-6H2,1-3H3,(H2,10,14). The Kier molecular flexibility index (Phi) is 6.40. The molecule has 0 aromatic carbocycles. The van der Waals surface area contributed by atoms with Gasteiger partial charge in [-0.2, -0.15) is 0 Å². The highest BCUT2D eigenvalue weighted by Gasteiger charge is 2.21. The van der Waals surface area contributed by atoms with Crippen molar-refractivity contribution < 1.29 is 9.53 Å². The third-order valence-corrected chi connectivity index (χ3v) is 2.07. The van der Waals surface area contributed by atoms with Gasteiger partial charge in [0.25, 0.3) is 0 Å². The second kappa shape index (κ2) is 6.73. The van der Waals surface area contributed by atoms with Gasteiger partial charge in [0.1, 0.15) is 6.04 Å². The van der Waals surface area contributed by atoms with Crippen molar-refractivity contribution in [3.8, 4) is 0 Å². The number of rotatable bonds is 6. The smallest absolute Gasteiger partial charge is 0.323 e. The van der Waals surface area contributed by atoms with E-state index in [0.29, 0.717) is 18.1 Å². The van der Waals surface area contributed by atoms with E-state index in [4.69, 9.17) is 22.7 Å². The Morgan fingerprint density at radius 2 is 2.14 bits per heavy atom. The van der Waals surface area contributed by atoms with Crippen molar-refractivity contribution in [1.29, 1.82) is 0 Å². The maximum absolute atomic E-state index is 11.4. The summed E-state index contributed by atoms with van der Waals surface area (Å²) in [6.45, 7) is 7.10. The third kappa shape index (κ3) is 4.53. The van der Waals surface area contributed by atoms with Gasteiger partial charge in [0.05, 0.1) is 11.6 Å². The summed E-state index contributed by atoms with van der Waals surface area (Å²) in [5, 5.41) is 0. The van der Waals surface area contributed by atoms with Gasteiger partial charge in [0, 0.05) is 6.54 Å². The molecule has 0 rings (SSSR count). The van der Waals surface area contributed by atoms with Gasteiger partial charge in [-0.15, -0.1) is 0 Å². The summed E-state index contributed by atoms with van der Waals surface area (Å²) in [5.74, 6) is -0.231. The van der Waals surface area contributed by atoms with E-state index in [2.05, 4.69) is 0 Å². The summed E-state index contributed by atoms with van der Waals surface area (Å²) >= 11 is 4.79. The van der Waals surface area contributed by atoms with Gasteiger partial charge < -0.3 is 10.5 Å². The predicted octanol–water partition coefficient (Wildman–Crippen LogP) is 0.546. The van der Waals surface area contributed by atoms with Gasteiger partial charge in [-0.1, -0.05) is 19.1 Å². The number of nitrogens with zero attached hydrogens (tertiary/aromatic N) is 1. The van der Waals surface area contributed by atoms with E-state index < -0.39 is 0 Å². The number of hydrogen-bond acceptors (Lipinski definition) is 4. The van der Waals surface area contributed by atoms with E-state index in [1.807, 2.05) is 11.8 Å². The molecule has 0 heterocycles. The molecule has 1 unspecified atom stereocenters. The van der Waals surface area contributed by atoms with Crippen LogP contribution < -0.4 is 5.73 Å². The lowest BCUT2D eigenvalue weighted by Crippen LogP contribution is -2.43. The fourth-order valence-corrected chi connectivity index (χ4v) is 1.30. The van der Waals surface area contributed by atoms with Crippen LogP contribution >= 0.6 is 12.2 Å². The molecule has 0 radical (unpaired) electrons. The lowest BCUT2D eigenvalue weighted by Gasteiger charge is -2.25. The van der Waals surface area contributed by atoms with Gasteiger partial charge in [-0.3, -0.25) is 9.69 Å². The molecule has 0 aliphatic heterocycles. The van der Waals surface area contributed by atoms with Crippen molar-refractivity contribution in [3.05, 3.63) is 0 Å². The quantitative estimate of drug-likeness (QED) is 0.521. The van der Waals surface area contributed by atoms with Crippen molar-refractivity contribution >= 4 is 23.2 Å². The number of hydrogen-bond donors (Lipinski definition) is 1. The number of likely N-dealkylation sites (N-methyl/N-ethyl adjacent to an activating group) is 1. The summed E-state index contributed by atoms with van der Waals surface area (Å²) in [7, 11) is 0. The summed E-state index contributed by atoms with van der Waals surface area (Å²) in [6, 6.07) is -0.290. The molecule has 0 saturated carbocycles. The molecule has 0 amide bonds. The van der Waals surface area contributed by atoms with E-state index in [0.717, 1.165) is 6.54 Å². The minimum atomic E-state index is -0.290. The van der Waals surface area contributed by atoms with Crippen LogP contribution in [-0.4, -0.2) is 41.6 Å². The minimum absolute atomic E-state index is 0.231. The topological polar surface area (TPSA) is 55.6 Å². The van der Waals surface area contributed by atoms with E-state index in [1.165, 1.54) is 0 Å². The highest BCUT2D eigenvalue weighted by Crippen LogP contribution is 2.01. The summed E-state index contributed by atoms with van der Waals surface area (Å²) in [4.78, 5) is 13.6. The lowest BCUT2D eigenvalue weighted by molar-refractivity contribution is -0.148. The molecule has 0 fully saturated rings. The van der Waals surface area contributed by atoms with Crippen LogP contribution in [0.2, 0.25) is 0 Å². The molecule has 0 bridgehead atoms. The van der Waals surface area contributed by atoms with Crippen molar-refractivity contribution in [2.75, 3.05) is 19.7 Å². The van der Waals surface area contributed by atoms with E-state index in [9.17, 15) is 4.79 Å². The second-order valence-electron chi connectivity index (χ2n) is 2.96. The number of esters is 1. The number of nitrogens with two attached hydrogens (primary N) is 1. The first-order valence-corrected chi connectivity index (χ1v) is 5.12. The van der Waals surface area contributed by atoms with Crippen LogP contribution in [0.15, 0.2) is 0 Å². The second-order valence-corrected chi connectivity index (χ2v) is 3.48. The molecule has 2 N–H and O–H groups in total. The Bertz CT molecular complexity index is 209. The zero-order chi connectivity index (χ0) is 11.1. The van der Waals surface area contributed by atoms with Crippen LogP contribution in [0.1, 0.15) is 20.8 Å². The molecule has 0 aromatic heterocycles. The molecule has 4 nitrogen and oxygen atoms in total. The summed E-state index contributed by atoms with van der Waals surface area (Å²) in [6.07, 6.45) is 0. The minimum Gasteiger partial charge on any atom is -0.465 e. The average Bonchev–Trinajstić information content (AvgIpc) is 2.13. The first-order valence-electron chi connectivity index (χ1n) is 4.71. The third-order valence-electron chi connectivity index (χ3n) is 1.94. The molecular weight excluding hydrogens is 200 g/mol. The lowest BCUT2D eigenvalue weighted by atomic mass is 10.3. The highest BCUT2D eigenvalue weighted by atomic mass is 32.1. The molecule has 0 aliphatic rings. The van der Waals surface area contributed by atoms with Crippen molar-refractivity contribution in [3.63, 3.8) is 0 Å². The van der Waals surface area contributed by atoms with Crippen LogP contribution in [0.5, 0.6) is 0 Å². The Hall–Kier alpha value is -0.680. The van der Waals surface area contributed by atoms with Crippen LogP contribution in [0.25, 0.3) is 0 Å². The van der Waals surface area contributed by atoms with Crippen LogP contribution in [0.3, 0.4) is 0 Å². The zero-order valence-corrected chi connectivity index (χ0v) is 9.76. The fourth-order valence-electron chi connectivity index (χ4n) is 1.13. The van der Waals surface area contributed by atoms with Crippen molar-refractivity contribution in [1.82, 2.24) is 4.90 Å². The Morgan fingerprint density at radius 1 is 1.57 bits per heavy atom. The number of carbonyl (C=O) groups is 1. The number of carbonyl (C=O) groups excluding carboxylic acids is 1. The molecule has 5 heteroatoms. The molecule has 0 aliphatic carbocycles. The monoisotopic (exact) mass is 218 g/mol. The SMILES string of the molecule is CCOC(=O)C(C)N(CC)CC(N)=S. The van der Waals surface area contributed by atoms with Gasteiger partial charge in [0.2, 0.25) is 0 Å². The maximum atomic E-state index is 11.4. The normalized spacial score (nSPS) is 12.6. The molecule has 82 valence electrons. The predicted molar refractivity (Wildman–Crippen MR) is 60.1 cm³/mol. The van der Waals surface area contributed by atoms with Gasteiger partial charge in [0.15, 0.2) is 0 Å². The molecule has 0 saturated heterocycles. The largest absolute Gasteiger partial charge is 0.465 e. The van der Waals surface area contributed by atoms with Crippen LogP contribution in [-0.2, 0) is 9.53 Å². The Morgan fingerprint density at radius 3 is 2.50 bits per heavy atom. The van der Waals surface area contributed by atoms with Crippen LogP contribution in [0.4, 0.5) is 0 Å². The molecule has 14 heavy (non-hydrogen) atoms. The molecular formula is C9H18N2O2S. The first-order chi connectivity index (χ1) is 6.52. The van der Waals surface area contributed by atoms with Gasteiger partial charge >= 0.3 is 5.97 Å². The zero-order valence-electron chi connectivity index (χ0n) is 8.95. The number of thiocarbonyl (C=S) groups is 1. The molecule has 0 spiro atoms. The van der Waals surface area contributed by atoms with E-state index in [1.54, 1.807) is 13.8 Å². The maximum Gasteiger partial charge on any atom is 0.323 e. The van der Waals surface area contributed by atoms with Gasteiger partial charge in [-0.05, 0) is 20.4 Å². The Labute approximate surface area is 90.4 Å². The summed E-state index contributed by atoms with van der Waals surface area (Å²) < 4.78 is 4.90. The van der Waals surface area contributed by atoms with E-state index >= 15 is 0 Å². The number of ether oxygens (including phenoxy) is 1. The van der Waals surface area contributed by atoms with Crippen molar-refractivity contribution in [2.24, 2.45) is 5.73 Å². The summed E-state index contributed by atoms with van der Waals surface area (Å²) in [5.41, 5.74) is 5.42. The molecule has 1 atom stereocenters. The Balaban J connectivity index is 4.22. The van der Waals surface area contributed by atoms with Gasteiger partial charge in [-0.25, -0.2) is 0 Å².